The highest BCUT2D eigenvalue weighted by Crippen LogP contribution is 2.23. The van der Waals surface area contributed by atoms with Crippen molar-refractivity contribution in [3.8, 4) is 0 Å². The van der Waals surface area contributed by atoms with Crippen molar-refractivity contribution >= 4 is 15.9 Å². The Labute approximate surface area is 170 Å². The van der Waals surface area contributed by atoms with Gasteiger partial charge in [-0.2, -0.15) is 4.31 Å². The van der Waals surface area contributed by atoms with Crippen molar-refractivity contribution in [2.24, 2.45) is 5.92 Å². The van der Waals surface area contributed by atoms with Gasteiger partial charge in [-0.3, -0.25) is 4.79 Å². The molecular formula is C21H35N3O3S. The van der Waals surface area contributed by atoms with Crippen molar-refractivity contribution in [1.29, 1.82) is 0 Å². The zero-order valence-corrected chi connectivity index (χ0v) is 18.4. The summed E-state index contributed by atoms with van der Waals surface area (Å²) in [5, 5.41) is 6.38. The van der Waals surface area contributed by atoms with Crippen LogP contribution in [-0.4, -0.2) is 44.3 Å². The number of rotatable bonds is 9. The van der Waals surface area contributed by atoms with E-state index in [2.05, 4.69) is 17.6 Å². The number of sulfonamides is 1. The smallest absolute Gasteiger partial charge is 0.243 e. The first kappa shape index (κ1) is 22.8. The summed E-state index contributed by atoms with van der Waals surface area (Å²) in [7, 11) is -3.44. The van der Waals surface area contributed by atoms with Crippen molar-refractivity contribution in [2.45, 2.75) is 70.4 Å². The number of benzene rings is 1. The van der Waals surface area contributed by atoms with Gasteiger partial charge >= 0.3 is 0 Å². The molecule has 28 heavy (non-hydrogen) atoms. The first-order valence-corrected chi connectivity index (χ1v) is 11.9. The van der Waals surface area contributed by atoms with Crippen LogP contribution in [-0.2, 0) is 14.8 Å². The first-order chi connectivity index (χ1) is 13.3. The van der Waals surface area contributed by atoms with Gasteiger partial charge in [-0.25, -0.2) is 8.42 Å². The van der Waals surface area contributed by atoms with Crippen LogP contribution >= 0.6 is 0 Å². The number of amides is 1. The molecule has 7 heteroatoms. The van der Waals surface area contributed by atoms with Crippen molar-refractivity contribution in [1.82, 2.24) is 14.9 Å². The zero-order valence-electron chi connectivity index (χ0n) is 17.6. The Morgan fingerprint density at radius 3 is 2.32 bits per heavy atom. The van der Waals surface area contributed by atoms with Crippen LogP contribution in [0, 0.1) is 5.92 Å². The molecule has 3 atom stereocenters. The predicted molar refractivity (Wildman–Crippen MR) is 113 cm³/mol. The minimum atomic E-state index is -3.44. The highest BCUT2D eigenvalue weighted by Gasteiger charge is 2.23. The molecule has 0 spiro atoms. The fraction of sp³-hybridized carbons (Fsp3) is 0.667. The molecule has 2 N–H and O–H groups in total. The normalized spacial score (nSPS) is 21.5. The molecule has 1 aromatic carbocycles. The Morgan fingerprint density at radius 1 is 1.14 bits per heavy atom. The van der Waals surface area contributed by atoms with Gasteiger partial charge in [0.15, 0.2) is 0 Å². The SMILES string of the molecule is CCN(CC)S(=O)(=O)c1ccc([C@H](C)NCC(=O)N[C@H]2CCCC[C@@H]2C)cc1. The Kier molecular flexibility index (Phi) is 8.46. The first-order valence-electron chi connectivity index (χ1n) is 10.4. The summed E-state index contributed by atoms with van der Waals surface area (Å²) in [5.74, 6) is 0.557. The third-order valence-corrected chi connectivity index (χ3v) is 7.81. The van der Waals surface area contributed by atoms with Crippen LogP contribution in [0.1, 0.15) is 65.0 Å². The minimum absolute atomic E-state index is 0.0198. The number of hydrogen-bond donors (Lipinski definition) is 2. The van der Waals surface area contributed by atoms with Crippen molar-refractivity contribution in [2.75, 3.05) is 19.6 Å². The van der Waals surface area contributed by atoms with E-state index in [9.17, 15) is 13.2 Å². The molecular weight excluding hydrogens is 374 g/mol. The monoisotopic (exact) mass is 409 g/mol. The molecule has 0 saturated heterocycles. The molecule has 1 aliphatic rings. The van der Waals surface area contributed by atoms with E-state index < -0.39 is 10.0 Å². The lowest BCUT2D eigenvalue weighted by Gasteiger charge is -2.29. The summed E-state index contributed by atoms with van der Waals surface area (Å²) >= 11 is 0. The minimum Gasteiger partial charge on any atom is -0.352 e. The summed E-state index contributed by atoms with van der Waals surface area (Å²) in [4.78, 5) is 12.6. The number of carbonyl (C=O) groups is 1. The largest absolute Gasteiger partial charge is 0.352 e. The number of hydrogen-bond acceptors (Lipinski definition) is 4. The molecule has 0 aromatic heterocycles. The van der Waals surface area contributed by atoms with E-state index in [-0.39, 0.29) is 24.5 Å². The number of nitrogens with zero attached hydrogens (tertiary/aromatic N) is 1. The Balaban J connectivity index is 1.90. The molecule has 0 unspecified atom stereocenters. The Bertz CT molecular complexity index is 730. The molecule has 1 aromatic rings. The highest BCUT2D eigenvalue weighted by atomic mass is 32.2. The lowest BCUT2D eigenvalue weighted by Crippen LogP contribution is -2.45. The molecule has 0 radical (unpaired) electrons. The van der Waals surface area contributed by atoms with E-state index in [0.29, 0.717) is 23.9 Å². The molecule has 1 aliphatic carbocycles. The fourth-order valence-corrected chi connectivity index (χ4v) is 5.25. The maximum Gasteiger partial charge on any atom is 0.243 e. The second kappa shape index (κ2) is 10.4. The van der Waals surface area contributed by atoms with Crippen molar-refractivity contribution in [3.63, 3.8) is 0 Å². The quantitative estimate of drug-likeness (QED) is 0.657. The van der Waals surface area contributed by atoms with Gasteiger partial charge in [0.05, 0.1) is 11.4 Å². The van der Waals surface area contributed by atoms with Crippen molar-refractivity contribution in [3.05, 3.63) is 29.8 Å². The fourth-order valence-electron chi connectivity index (χ4n) is 3.79. The average Bonchev–Trinajstić information content (AvgIpc) is 2.68. The van der Waals surface area contributed by atoms with Crippen LogP contribution < -0.4 is 10.6 Å². The third-order valence-electron chi connectivity index (χ3n) is 5.75. The molecule has 0 bridgehead atoms. The summed E-state index contributed by atoms with van der Waals surface area (Å²) in [6.07, 6.45) is 4.67. The van der Waals surface area contributed by atoms with Crippen LogP contribution in [0.4, 0.5) is 0 Å². The van der Waals surface area contributed by atoms with E-state index in [4.69, 9.17) is 0 Å². The van der Waals surface area contributed by atoms with E-state index in [1.807, 2.05) is 32.9 Å². The van der Waals surface area contributed by atoms with Gasteiger partial charge in [-0.1, -0.05) is 45.7 Å². The van der Waals surface area contributed by atoms with E-state index in [0.717, 1.165) is 12.0 Å². The summed E-state index contributed by atoms with van der Waals surface area (Å²) in [6.45, 7) is 9.00. The molecule has 0 aliphatic heterocycles. The predicted octanol–water partition coefficient (Wildman–Crippen LogP) is 3.06. The summed E-state index contributed by atoms with van der Waals surface area (Å²) < 4.78 is 26.6. The van der Waals surface area contributed by atoms with Crippen LogP contribution in [0.2, 0.25) is 0 Å². The van der Waals surface area contributed by atoms with Gasteiger partial charge in [0.25, 0.3) is 0 Å². The van der Waals surface area contributed by atoms with Crippen LogP contribution in [0.25, 0.3) is 0 Å². The second-order valence-electron chi connectivity index (χ2n) is 7.70. The zero-order chi connectivity index (χ0) is 20.7. The molecule has 1 amide bonds. The summed E-state index contributed by atoms with van der Waals surface area (Å²) in [6, 6.07) is 7.16. The highest BCUT2D eigenvalue weighted by molar-refractivity contribution is 7.89. The lowest BCUT2D eigenvalue weighted by atomic mass is 9.86. The molecule has 1 saturated carbocycles. The van der Waals surface area contributed by atoms with Crippen LogP contribution in [0.15, 0.2) is 29.2 Å². The number of nitrogens with one attached hydrogen (secondary N) is 2. The summed E-state index contributed by atoms with van der Waals surface area (Å²) in [5.41, 5.74) is 0.956. The maximum absolute atomic E-state index is 12.6. The van der Waals surface area contributed by atoms with Gasteiger partial charge in [-0.05, 0) is 43.4 Å². The van der Waals surface area contributed by atoms with Gasteiger partial charge in [0, 0.05) is 25.2 Å². The molecule has 158 valence electrons. The van der Waals surface area contributed by atoms with E-state index in [1.165, 1.54) is 23.6 Å². The Morgan fingerprint density at radius 2 is 1.75 bits per heavy atom. The van der Waals surface area contributed by atoms with Gasteiger partial charge in [-0.15, -0.1) is 0 Å². The van der Waals surface area contributed by atoms with Gasteiger partial charge in [0.2, 0.25) is 15.9 Å². The number of carbonyl (C=O) groups excluding carboxylic acids is 1. The average molecular weight is 410 g/mol. The van der Waals surface area contributed by atoms with Gasteiger partial charge in [0.1, 0.15) is 0 Å². The lowest BCUT2D eigenvalue weighted by molar-refractivity contribution is -0.121. The van der Waals surface area contributed by atoms with Crippen LogP contribution in [0.5, 0.6) is 0 Å². The Hall–Kier alpha value is -1.44. The standard InChI is InChI=1S/C21H35N3O3S/c1-5-24(6-2)28(26,27)19-13-11-18(12-14-19)17(4)22-15-21(25)23-20-10-8-7-9-16(20)3/h11-14,16-17,20,22H,5-10,15H2,1-4H3,(H,23,25)/t16-,17-,20-/m0/s1. The topological polar surface area (TPSA) is 78.5 Å². The van der Waals surface area contributed by atoms with E-state index in [1.54, 1.807) is 12.1 Å². The molecule has 1 fully saturated rings. The molecule has 2 rings (SSSR count). The van der Waals surface area contributed by atoms with Crippen LogP contribution in [0.3, 0.4) is 0 Å². The second-order valence-corrected chi connectivity index (χ2v) is 9.63. The molecule has 0 heterocycles. The van der Waals surface area contributed by atoms with Gasteiger partial charge < -0.3 is 10.6 Å². The third kappa shape index (κ3) is 5.78. The van der Waals surface area contributed by atoms with E-state index >= 15 is 0 Å². The maximum atomic E-state index is 12.6. The van der Waals surface area contributed by atoms with Crippen molar-refractivity contribution < 1.29 is 13.2 Å². The molecule has 6 nitrogen and oxygen atoms in total.